The summed E-state index contributed by atoms with van der Waals surface area (Å²) in [4.78, 5) is 16.6. The first-order valence-corrected chi connectivity index (χ1v) is 9.49. The Balaban J connectivity index is 1.44. The van der Waals surface area contributed by atoms with Crippen molar-refractivity contribution in [1.82, 2.24) is 9.80 Å². The molecule has 1 amide bonds. The maximum Gasteiger partial charge on any atom is 0.260 e. The van der Waals surface area contributed by atoms with E-state index in [1.807, 2.05) is 12.1 Å². The lowest BCUT2D eigenvalue weighted by Crippen LogP contribution is -2.45. The van der Waals surface area contributed by atoms with Crippen LogP contribution in [0, 0.1) is 5.82 Å². The highest BCUT2D eigenvalue weighted by molar-refractivity contribution is 5.88. The first kappa shape index (κ1) is 17.0. The predicted octanol–water partition coefficient (Wildman–Crippen LogP) is 3.67. The van der Waals surface area contributed by atoms with Crippen molar-refractivity contribution in [2.45, 2.75) is 62.7 Å². The molecule has 25 heavy (non-hydrogen) atoms. The molecule has 0 bridgehead atoms. The minimum atomic E-state index is -1.55. The van der Waals surface area contributed by atoms with Crippen LogP contribution < -0.4 is 0 Å². The van der Waals surface area contributed by atoms with Crippen LogP contribution in [0.25, 0.3) is 0 Å². The van der Waals surface area contributed by atoms with Crippen LogP contribution in [-0.4, -0.2) is 46.5 Å². The quantitative estimate of drug-likeness (QED) is 0.832. The van der Waals surface area contributed by atoms with E-state index >= 15 is 0 Å². The van der Waals surface area contributed by atoms with Gasteiger partial charge in [-0.3, -0.25) is 9.69 Å². The van der Waals surface area contributed by atoms with Crippen LogP contribution in [-0.2, 0) is 11.3 Å². The zero-order valence-corrected chi connectivity index (χ0v) is 14.6. The highest BCUT2D eigenvalue weighted by atomic mass is 19.1. The molecule has 2 heterocycles. The topological polar surface area (TPSA) is 23.6 Å². The van der Waals surface area contributed by atoms with Crippen molar-refractivity contribution in [2.24, 2.45) is 0 Å². The van der Waals surface area contributed by atoms with Gasteiger partial charge in [0.15, 0.2) is 5.67 Å². The first-order valence-electron chi connectivity index (χ1n) is 9.49. The molecule has 1 atom stereocenters. The fourth-order valence-corrected chi connectivity index (χ4v) is 4.61. The SMILES string of the molecule is O=C(N1CCCC2(CCCN2Cc2ccc(F)cc2)CC1)C1(F)CC1. The number of carbonyl (C=O) groups excluding carboxylic acids is 1. The number of carbonyl (C=O) groups is 1. The lowest BCUT2D eigenvalue weighted by Gasteiger charge is -2.38. The van der Waals surface area contributed by atoms with E-state index in [1.165, 1.54) is 12.1 Å². The Hall–Kier alpha value is -1.49. The zero-order chi connectivity index (χ0) is 17.5. The molecule has 4 rings (SSSR count). The number of rotatable bonds is 3. The molecule has 1 aromatic carbocycles. The van der Waals surface area contributed by atoms with Crippen LogP contribution >= 0.6 is 0 Å². The highest BCUT2D eigenvalue weighted by Gasteiger charge is 2.53. The van der Waals surface area contributed by atoms with Gasteiger partial charge in [-0.25, -0.2) is 8.78 Å². The summed E-state index contributed by atoms with van der Waals surface area (Å²) in [5.74, 6) is -0.489. The lowest BCUT2D eigenvalue weighted by atomic mass is 9.87. The van der Waals surface area contributed by atoms with Crippen LogP contribution in [0.1, 0.15) is 50.5 Å². The summed E-state index contributed by atoms with van der Waals surface area (Å²) in [6, 6.07) is 6.74. The van der Waals surface area contributed by atoms with E-state index in [2.05, 4.69) is 4.90 Å². The number of halogens is 2. The van der Waals surface area contributed by atoms with E-state index in [-0.39, 0.29) is 17.3 Å². The first-order chi connectivity index (χ1) is 12.0. The van der Waals surface area contributed by atoms with Crippen LogP contribution in [0.15, 0.2) is 24.3 Å². The second-order valence-corrected chi connectivity index (χ2v) is 7.99. The molecule has 2 saturated heterocycles. The number of hydrogen-bond acceptors (Lipinski definition) is 2. The number of alkyl halides is 1. The lowest BCUT2D eigenvalue weighted by molar-refractivity contribution is -0.138. The van der Waals surface area contributed by atoms with E-state index in [0.717, 1.165) is 50.8 Å². The van der Waals surface area contributed by atoms with Gasteiger partial charge in [-0.05, 0) is 69.2 Å². The van der Waals surface area contributed by atoms with Crippen molar-refractivity contribution in [1.29, 1.82) is 0 Å². The smallest absolute Gasteiger partial charge is 0.260 e. The number of nitrogens with zero attached hydrogens (tertiary/aromatic N) is 2. The van der Waals surface area contributed by atoms with Crippen molar-refractivity contribution in [3.8, 4) is 0 Å². The van der Waals surface area contributed by atoms with Crippen molar-refractivity contribution in [3.63, 3.8) is 0 Å². The van der Waals surface area contributed by atoms with Crippen molar-refractivity contribution < 1.29 is 13.6 Å². The number of benzene rings is 1. The molecule has 3 fully saturated rings. The second kappa shape index (κ2) is 6.35. The molecule has 1 unspecified atom stereocenters. The van der Waals surface area contributed by atoms with Crippen molar-refractivity contribution in [2.75, 3.05) is 19.6 Å². The average molecular weight is 348 g/mol. The molecule has 5 heteroatoms. The molecular formula is C20H26F2N2O. The molecule has 1 aliphatic carbocycles. The van der Waals surface area contributed by atoms with E-state index in [1.54, 1.807) is 4.90 Å². The number of amides is 1. The number of hydrogen-bond donors (Lipinski definition) is 0. The standard InChI is InChI=1S/C20H26F2N2O/c21-17-5-3-16(4-6-17)15-24-13-2-8-19(24)7-1-12-23(14-11-19)18(25)20(22)9-10-20/h3-6H,1-2,7-15H2. The van der Waals surface area contributed by atoms with Gasteiger partial charge < -0.3 is 4.90 Å². The van der Waals surface area contributed by atoms with Gasteiger partial charge in [0.2, 0.25) is 0 Å². The molecule has 136 valence electrons. The molecule has 1 aromatic rings. The van der Waals surface area contributed by atoms with Gasteiger partial charge >= 0.3 is 0 Å². The van der Waals surface area contributed by atoms with Crippen LogP contribution in [0.2, 0.25) is 0 Å². The van der Waals surface area contributed by atoms with Crippen LogP contribution in [0.5, 0.6) is 0 Å². The molecule has 0 radical (unpaired) electrons. The van der Waals surface area contributed by atoms with Crippen LogP contribution in [0.4, 0.5) is 8.78 Å². The summed E-state index contributed by atoms with van der Waals surface area (Å²) in [5.41, 5.74) is -0.321. The van der Waals surface area contributed by atoms with E-state index in [9.17, 15) is 13.6 Å². The Bertz CT molecular complexity index is 644. The predicted molar refractivity (Wildman–Crippen MR) is 92.3 cm³/mol. The molecule has 1 saturated carbocycles. The summed E-state index contributed by atoms with van der Waals surface area (Å²) >= 11 is 0. The van der Waals surface area contributed by atoms with Gasteiger partial charge in [0, 0.05) is 25.2 Å². The summed E-state index contributed by atoms with van der Waals surface area (Å²) in [6.07, 6.45) is 5.97. The third-order valence-corrected chi connectivity index (χ3v) is 6.30. The zero-order valence-electron chi connectivity index (χ0n) is 14.6. The van der Waals surface area contributed by atoms with E-state index in [4.69, 9.17) is 0 Å². The Morgan fingerprint density at radius 2 is 1.64 bits per heavy atom. The number of likely N-dealkylation sites (tertiary alicyclic amines) is 2. The molecule has 2 aliphatic heterocycles. The normalized spacial score (nSPS) is 29.0. The van der Waals surface area contributed by atoms with E-state index < -0.39 is 5.67 Å². The summed E-state index contributed by atoms with van der Waals surface area (Å²) in [5, 5.41) is 0. The molecule has 3 nitrogen and oxygen atoms in total. The molecule has 0 N–H and O–H groups in total. The van der Waals surface area contributed by atoms with Gasteiger partial charge in [-0.15, -0.1) is 0 Å². The Morgan fingerprint density at radius 3 is 2.32 bits per heavy atom. The van der Waals surface area contributed by atoms with Gasteiger partial charge in [-0.2, -0.15) is 0 Å². The maximum absolute atomic E-state index is 14.1. The summed E-state index contributed by atoms with van der Waals surface area (Å²) in [6.45, 7) is 3.20. The summed E-state index contributed by atoms with van der Waals surface area (Å²) in [7, 11) is 0. The van der Waals surface area contributed by atoms with Crippen molar-refractivity contribution >= 4 is 5.91 Å². The largest absolute Gasteiger partial charge is 0.340 e. The second-order valence-electron chi connectivity index (χ2n) is 7.99. The Morgan fingerprint density at radius 1 is 0.960 bits per heavy atom. The van der Waals surface area contributed by atoms with Crippen LogP contribution in [0.3, 0.4) is 0 Å². The monoisotopic (exact) mass is 348 g/mol. The minimum Gasteiger partial charge on any atom is -0.340 e. The highest BCUT2D eigenvalue weighted by Crippen LogP contribution is 2.43. The van der Waals surface area contributed by atoms with Gasteiger partial charge in [0.05, 0.1) is 0 Å². The van der Waals surface area contributed by atoms with Gasteiger partial charge in [-0.1, -0.05) is 12.1 Å². The van der Waals surface area contributed by atoms with E-state index in [0.29, 0.717) is 25.9 Å². The summed E-state index contributed by atoms with van der Waals surface area (Å²) < 4.78 is 27.3. The van der Waals surface area contributed by atoms with Crippen molar-refractivity contribution in [3.05, 3.63) is 35.6 Å². The maximum atomic E-state index is 14.1. The third kappa shape index (κ3) is 3.31. The molecule has 0 aromatic heterocycles. The Labute approximate surface area is 148 Å². The minimum absolute atomic E-state index is 0.108. The fraction of sp³-hybridized carbons (Fsp3) is 0.650. The third-order valence-electron chi connectivity index (χ3n) is 6.30. The Kier molecular flexibility index (Phi) is 4.30. The fourth-order valence-electron chi connectivity index (χ4n) is 4.61. The van der Waals surface area contributed by atoms with Gasteiger partial charge in [0.1, 0.15) is 5.82 Å². The van der Waals surface area contributed by atoms with Gasteiger partial charge in [0.25, 0.3) is 5.91 Å². The molecular weight excluding hydrogens is 322 g/mol. The average Bonchev–Trinajstić information content (AvgIpc) is 3.29. The molecule has 1 spiro atoms. The molecule has 3 aliphatic rings.